The van der Waals surface area contributed by atoms with Gasteiger partial charge in [-0.1, -0.05) is 18.2 Å². The molecule has 94 valence electrons. The van der Waals surface area contributed by atoms with E-state index in [4.69, 9.17) is 5.73 Å². The van der Waals surface area contributed by atoms with E-state index in [0.717, 1.165) is 18.7 Å². The van der Waals surface area contributed by atoms with E-state index in [1.807, 2.05) is 18.1 Å². The second kappa shape index (κ2) is 5.16. The molecular weight excluding hydrogens is 242 g/mol. The first-order valence-corrected chi connectivity index (χ1v) is 7.28. The first kappa shape index (κ1) is 11.8. The maximum Gasteiger partial charge on any atom is 0.0949 e. The average molecular weight is 259 g/mol. The quantitative estimate of drug-likeness (QED) is 0.916. The van der Waals surface area contributed by atoms with Gasteiger partial charge in [0.1, 0.15) is 0 Å². The Morgan fingerprint density at radius 2 is 2.28 bits per heavy atom. The highest BCUT2D eigenvalue weighted by Crippen LogP contribution is 2.39. The highest BCUT2D eigenvalue weighted by atomic mass is 32.2. The molecule has 0 amide bonds. The van der Waals surface area contributed by atoms with Crippen molar-refractivity contribution >= 4 is 11.8 Å². The molecule has 0 saturated carbocycles. The summed E-state index contributed by atoms with van der Waals surface area (Å²) in [6, 6.07) is 8.71. The molecule has 2 aromatic rings. The van der Waals surface area contributed by atoms with Crippen LogP contribution in [0.25, 0.3) is 0 Å². The number of aromatic nitrogens is 2. The number of hydrogen-bond donors (Lipinski definition) is 1. The standard InChI is InChI=1S/C14H17N3S/c15-6-5-12-8-17(10-16-12)7-11-9-18-14-4-2-1-3-13(11)14/h1-4,8,10-11H,5-7,9,15H2. The van der Waals surface area contributed by atoms with Gasteiger partial charge in [-0.2, -0.15) is 0 Å². The summed E-state index contributed by atoms with van der Waals surface area (Å²) >= 11 is 1.96. The summed E-state index contributed by atoms with van der Waals surface area (Å²) in [5.41, 5.74) is 8.12. The zero-order chi connectivity index (χ0) is 12.4. The molecule has 0 saturated heterocycles. The maximum absolute atomic E-state index is 5.54. The third-order valence-corrected chi connectivity index (χ3v) is 4.57. The van der Waals surface area contributed by atoms with Crippen molar-refractivity contribution in [2.24, 2.45) is 5.73 Å². The molecule has 1 aliphatic rings. The van der Waals surface area contributed by atoms with Crippen molar-refractivity contribution in [2.75, 3.05) is 12.3 Å². The molecule has 1 unspecified atom stereocenters. The van der Waals surface area contributed by atoms with Gasteiger partial charge < -0.3 is 10.3 Å². The van der Waals surface area contributed by atoms with Crippen LogP contribution in [0.3, 0.4) is 0 Å². The highest BCUT2D eigenvalue weighted by Gasteiger charge is 2.22. The van der Waals surface area contributed by atoms with Crippen LogP contribution in [0.1, 0.15) is 17.2 Å². The summed E-state index contributed by atoms with van der Waals surface area (Å²) in [6.45, 7) is 1.68. The van der Waals surface area contributed by atoms with Crippen molar-refractivity contribution in [2.45, 2.75) is 23.8 Å². The van der Waals surface area contributed by atoms with Gasteiger partial charge in [0.25, 0.3) is 0 Å². The third kappa shape index (κ3) is 2.31. The number of rotatable bonds is 4. The number of nitrogens with two attached hydrogens (primary N) is 1. The van der Waals surface area contributed by atoms with Crippen molar-refractivity contribution in [1.82, 2.24) is 9.55 Å². The monoisotopic (exact) mass is 259 g/mol. The topological polar surface area (TPSA) is 43.8 Å². The Morgan fingerprint density at radius 1 is 1.39 bits per heavy atom. The van der Waals surface area contributed by atoms with E-state index in [-0.39, 0.29) is 0 Å². The number of nitrogens with zero attached hydrogens (tertiary/aromatic N) is 2. The van der Waals surface area contributed by atoms with Crippen LogP contribution in [0.4, 0.5) is 0 Å². The number of thioether (sulfide) groups is 1. The van der Waals surface area contributed by atoms with Crippen LogP contribution in [0.2, 0.25) is 0 Å². The van der Waals surface area contributed by atoms with E-state index in [2.05, 4.69) is 40.0 Å². The molecule has 3 nitrogen and oxygen atoms in total. The lowest BCUT2D eigenvalue weighted by molar-refractivity contribution is 0.604. The first-order chi connectivity index (χ1) is 8.86. The molecule has 0 radical (unpaired) electrons. The van der Waals surface area contributed by atoms with Crippen LogP contribution >= 0.6 is 11.8 Å². The Morgan fingerprint density at radius 3 is 3.17 bits per heavy atom. The largest absolute Gasteiger partial charge is 0.337 e. The second-order valence-electron chi connectivity index (χ2n) is 4.65. The van der Waals surface area contributed by atoms with Crippen LogP contribution < -0.4 is 5.73 Å². The zero-order valence-corrected chi connectivity index (χ0v) is 11.1. The van der Waals surface area contributed by atoms with E-state index in [0.29, 0.717) is 12.5 Å². The zero-order valence-electron chi connectivity index (χ0n) is 10.2. The number of benzene rings is 1. The van der Waals surface area contributed by atoms with Gasteiger partial charge in [0.05, 0.1) is 12.0 Å². The minimum Gasteiger partial charge on any atom is -0.337 e. The molecule has 0 aliphatic carbocycles. The average Bonchev–Trinajstić information content (AvgIpc) is 2.99. The van der Waals surface area contributed by atoms with Crippen molar-refractivity contribution in [3.8, 4) is 0 Å². The smallest absolute Gasteiger partial charge is 0.0949 e. The van der Waals surface area contributed by atoms with Crippen molar-refractivity contribution in [3.63, 3.8) is 0 Å². The van der Waals surface area contributed by atoms with E-state index in [1.54, 1.807) is 0 Å². The number of fused-ring (bicyclic) bond motifs is 1. The molecule has 0 bridgehead atoms. The Bertz CT molecular complexity index is 535. The van der Waals surface area contributed by atoms with Gasteiger partial charge in [0, 0.05) is 35.7 Å². The molecule has 0 fully saturated rings. The van der Waals surface area contributed by atoms with Crippen LogP contribution in [-0.4, -0.2) is 21.8 Å². The Kier molecular flexibility index (Phi) is 3.39. The van der Waals surface area contributed by atoms with E-state index < -0.39 is 0 Å². The lowest BCUT2D eigenvalue weighted by Gasteiger charge is -2.10. The summed E-state index contributed by atoms with van der Waals surface area (Å²) in [5, 5.41) is 0. The third-order valence-electron chi connectivity index (χ3n) is 3.32. The molecule has 1 aliphatic heterocycles. The molecule has 1 aromatic heterocycles. The molecular formula is C14H17N3S. The SMILES string of the molecule is NCCc1cn(CC2CSc3ccccc32)cn1. The Labute approximate surface area is 111 Å². The van der Waals surface area contributed by atoms with Gasteiger partial charge in [-0.25, -0.2) is 4.98 Å². The van der Waals surface area contributed by atoms with E-state index in [9.17, 15) is 0 Å². The van der Waals surface area contributed by atoms with Crippen LogP contribution in [0.15, 0.2) is 41.7 Å². The number of hydrogen-bond acceptors (Lipinski definition) is 3. The van der Waals surface area contributed by atoms with Crippen molar-refractivity contribution < 1.29 is 0 Å². The lowest BCUT2D eigenvalue weighted by Crippen LogP contribution is -2.07. The van der Waals surface area contributed by atoms with Crippen molar-refractivity contribution in [1.29, 1.82) is 0 Å². The van der Waals surface area contributed by atoms with Crippen molar-refractivity contribution in [3.05, 3.63) is 48.0 Å². The molecule has 3 rings (SSSR count). The fourth-order valence-electron chi connectivity index (χ4n) is 2.42. The molecule has 2 heterocycles. The summed E-state index contributed by atoms with van der Waals surface area (Å²) in [7, 11) is 0. The Hall–Kier alpha value is -1.26. The van der Waals surface area contributed by atoms with Gasteiger partial charge in [0.15, 0.2) is 0 Å². The van der Waals surface area contributed by atoms with Gasteiger partial charge in [-0.05, 0) is 18.2 Å². The summed E-state index contributed by atoms with van der Waals surface area (Å²) in [4.78, 5) is 5.82. The minimum atomic E-state index is 0.603. The molecule has 2 N–H and O–H groups in total. The molecule has 1 atom stereocenters. The fourth-order valence-corrected chi connectivity index (χ4v) is 3.66. The predicted octanol–water partition coefficient (Wildman–Crippen LogP) is 2.27. The predicted molar refractivity (Wildman–Crippen MR) is 74.9 cm³/mol. The lowest BCUT2D eigenvalue weighted by atomic mass is 10.0. The van der Waals surface area contributed by atoms with Gasteiger partial charge >= 0.3 is 0 Å². The number of imidazole rings is 1. The summed E-state index contributed by atoms with van der Waals surface area (Å²) in [6.07, 6.45) is 4.91. The van der Waals surface area contributed by atoms with E-state index >= 15 is 0 Å². The van der Waals surface area contributed by atoms with Gasteiger partial charge in [-0.15, -0.1) is 11.8 Å². The van der Waals surface area contributed by atoms with Crippen LogP contribution in [0, 0.1) is 0 Å². The van der Waals surface area contributed by atoms with Crippen LogP contribution in [-0.2, 0) is 13.0 Å². The second-order valence-corrected chi connectivity index (χ2v) is 5.71. The molecule has 0 spiro atoms. The Balaban J connectivity index is 1.73. The van der Waals surface area contributed by atoms with E-state index in [1.165, 1.54) is 16.2 Å². The minimum absolute atomic E-state index is 0.603. The summed E-state index contributed by atoms with van der Waals surface area (Å²) < 4.78 is 2.19. The maximum atomic E-state index is 5.54. The molecule has 18 heavy (non-hydrogen) atoms. The summed E-state index contributed by atoms with van der Waals surface area (Å²) in [5.74, 6) is 1.77. The fraction of sp³-hybridized carbons (Fsp3) is 0.357. The first-order valence-electron chi connectivity index (χ1n) is 6.29. The highest BCUT2D eigenvalue weighted by molar-refractivity contribution is 7.99. The van der Waals surface area contributed by atoms with Crippen LogP contribution in [0.5, 0.6) is 0 Å². The van der Waals surface area contributed by atoms with Gasteiger partial charge in [0.2, 0.25) is 0 Å². The van der Waals surface area contributed by atoms with Gasteiger partial charge in [-0.3, -0.25) is 0 Å². The molecule has 1 aromatic carbocycles. The normalized spacial score (nSPS) is 17.9. The molecule has 4 heteroatoms.